The van der Waals surface area contributed by atoms with Crippen LogP contribution in [0.15, 0.2) is 41.4 Å². The number of hydrogen-bond acceptors (Lipinski definition) is 6. The number of benzene rings is 1. The van der Waals surface area contributed by atoms with Crippen molar-refractivity contribution in [2.24, 2.45) is 4.99 Å². The van der Waals surface area contributed by atoms with Gasteiger partial charge in [0.05, 0.1) is 18.8 Å². The van der Waals surface area contributed by atoms with E-state index in [2.05, 4.69) is 17.2 Å². The van der Waals surface area contributed by atoms with E-state index in [1.807, 2.05) is 43.0 Å². The van der Waals surface area contributed by atoms with Gasteiger partial charge in [-0.05, 0) is 31.9 Å². The van der Waals surface area contributed by atoms with Gasteiger partial charge < -0.3 is 14.5 Å². The molecule has 0 spiro atoms. The lowest BCUT2D eigenvalue weighted by atomic mass is 10.1. The maximum absolute atomic E-state index is 13.4. The Kier molecular flexibility index (Phi) is 5.77. The second kappa shape index (κ2) is 8.50. The Morgan fingerprint density at radius 3 is 2.48 bits per heavy atom. The van der Waals surface area contributed by atoms with Crippen molar-refractivity contribution in [3.05, 3.63) is 53.3 Å². The number of aliphatic imine (C=N–C) groups is 1. The maximum Gasteiger partial charge on any atom is 0.328 e. The summed E-state index contributed by atoms with van der Waals surface area (Å²) in [6, 6.07) is 11.1. The van der Waals surface area contributed by atoms with E-state index in [1.54, 1.807) is 18.8 Å². The monoisotopic (exact) mass is 424 g/mol. The molecule has 1 aromatic carbocycles. The molecule has 164 valence electrons. The largest absolute Gasteiger partial charge is 0.383 e. The number of urea groups is 1. The first kappa shape index (κ1) is 21.0. The zero-order valence-electron chi connectivity index (χ0n) is 18.4. The number of imide groups is 1. The highest BCUT2D eigenvalue weighted by Crippen LogP contribution is 2.29. The summed E-state index contributed by atoms with van der Waals surface area (Å²) in [4.78, 5) is 35.9. The average molecular weight is 425 g/mol. The van der Waals surface area contributed by atoms with Gasteiger partial charge in [0.15, 0.2) is 12.2 Å². The van der Waals surface area contributed by atoms with Gasteiger partial charge in [-0.25, -0.2) is 14.5 Å². The predicted octanol–water partition coefficient (Wildman–Crippen LogP) is 1.50. The second-order valence-electron chi connectivity index (χ2n) is 7.93. The number of hydrogen-bond donors (Lipinski definition) is 0. The van der Waals surface area contributed by atoms with Crippen LogP contribution in [0.2, 0.25) is 0 Å². The standard InChI is InChI=1S/C22H28N6O3/c1-15-14-16(2)28(24-15)21-23-19-18(26(21)11-10-17-8-6-5-7-9-17)20(29)27(12-13-31-4)22(30)25(19)3/h5-9,14,18-19H,10-13H2,1-4H3. The van der Waals surface area contributed by atoms with Gasteiger partial charge in [-0.2, -0.15) is 5.10 Å². The van der Waals surface area contributed by atoms with Crippen molar-refractivity contribution in [1.29, 1.82) is 0 Å². The number of amides is 3. The molecule has 1 fully saturated rings. The van der Waals surface area contributed by atoms with Crippen LogP contribution in [-0.2, 0) is 16.0 Å². The number of likely N-dealkylation sites (N-methyl/N-ethyl adjacent to an activating group) is 1. The van der Waals surface area contributed by atoms with Gasteiger partial charge in [0.1, 0.15) is 0 Å². The number of aryl methyl sites for hydroxylation is 2. The SMILES string of the molecule is COCCN1C(=O)C2C(N=C(n3nc(C)cc3C)N2CCc2ccccc2)N(C)C1=O. The van der Waals surface area contributed by atoms with E-state index in [0.29, 0.717) is 12.5 Å². The van der Waals surface area contributed by atoms with Crippen LogP contribution in [0.25, 0.3) is 0 Å². The van der Waals surface area contributed by atoms with Crippen LogP contribution in [0.4, 0.5) is 4.79 Å². The lowest BCUT2D eigenvalue weighted by molar-refractivity contribution is -0.138. The van der Waals surface area contributed by atoms with Crippen molar-refractivity contribution in [1.82, 2.24) is 24.5 Å². The molecule has 2 aliphatic heterocycles. The third kappa shape index (κ3) is 3.81. The molecule has 2 aliphatic rings. The highest BCUT2D eigenvalue weighted by atomic mass is 16.5. The third-order valence-electron chi connectivity index (χ3n) is 5.77. The molecule has 1 aromatic heterocycles. The number of fused-ring (bicyclic) bond motifs is 1. The molecular weight excluding hydrogens is 396 g/mol. The number of aromatic nitrogens is 2. The highest BCUT2D eigenvalue weighted by Gasteiger charge is 2.52. The fraction of sp³-hybridized carbons (Fsp3) is 0.455. The van der Waals surface area contributed by atoms with Crippen molar-refractivity contribution in [2.75, 3.05) is 33.9 Å². The average Bonchev–Trinajstić information content (AvgIpc) is 3.30. The van der Waals surface area contributed by atoms with Gasteiger partial charge in [0.2, 0.25) is 5.96 Å². The summed E-state index contributed by atoms with van der Waals surface area (Å²) in [7, 11) is 3.24. The Morgan fingerprint density at radius 1 is 1.10 bits per heavy atom. The number of carbonyl (C=O) groups excluding carboxylic acids is 2. The summed E-state index contributed by atoms with van der Waals surface area (Å²) in [6.45, 7) is 4.96. The zero-order valence-corrected chi connectivity index (χ0v) is 18.4. The summed E-state index contributed by atoms with van der Waals surface area (Å²) in [5, 5.41) is 4.59. The molecule has 4 rings (SSSR count). The summed E-state index contributed by atoms with van der Waals surface area (Å²) in [6.07, 6.45) is 0.152. The molecule has 2 atom stereocenters. The molecule has 0 N–H and O–H groups in total. The van der Waals surface area contributed by atoms with Gasteiger partial charge >= 0.3 is 6.03 Å². The minimum atomic E-state index is -0.595. The van der Waals surface area contributed by atoms with E-state index in [9.17, 15) is 9.59 Å². The summed E-state index contributed by atoms with van der Waals surface area (Å²) in [5.74, 6) is 0.344. The van der Waals surface area contributed by atoms with Crippen LogP contribution in [0.3, 0.4) is 0 Å². The number of rotatable bonds is 6. The number of ether oxygens (including phenoxy) is 1. The van der Waals surface area contributed by atoms with Crippen LogP contribution < -0.4 is 0 Å². The topological polar surface area (TPSA) is 83.3 Å². The smallest absolute Gasteiger partial charge is 0.328 e. The van der Waals surface area contributed by atoms with Gasteiger partial charge in [-0.15, -0.1) is 0 Å². The van der Waals surface area contributed by atoms with Gasteiger partial charge in [-0.1, -0.05) is 30.3 Å². The Hall–Kier alpha value is -3.20. The fourth-order valence-electron chi connectivity index (χ4n) is 4.19. The molecular formula is C22H28N6O3. The van der Waals surface area contributed by atoms with Gasteiger partial charge in [0, 0.05) is 26.4 Å². The lowest BCUT2D eigenvalue weighted by Crippen LogP contribution is -2.65. The Morgan fingerprint density at radius 2 is 1.84 bits per heavy atom. The number of carbonyl (C=O) groups is 2. The van der Waals surface area contributed by atoms with Crippen LogP contribution in [-0.4, -0.2) is 88.4 Å². The van der Waals surface area contributed by atoms with Crippen molar-refractivity contribution >= 4 is 17.9 Å². The van der Waals surface area contributed by atoms with Crippen LogP contribution in [0, 0.1) is 13.8 Å². The molecule has 0 saturated carbocycles. The highest BCUT2D eigenvalue weighted by molar-refractivity contribution is 6.04. The minimum absolute atomic E-state index is 0.212. The first-order valence-electron chi connectivity index (χ1n) is 10.4. The van der Waals surface area contributed by atoms with Crippen molar-refractivity contribution in [3.63, 3.8) is 0 Å². The van der Waals surface area contributed by atoms with E-state index in [4.69, 9.17) is 9.73 Å². The molecule has 1 saturated heterocycles. The quantitative estimate of drug-likeness (QED) is 0.702. The first-order chi connectivity index (χ1) is 14.9. The lowest BCUT2D eigenvalue weighted by Gasteiger charge is -2.41. The molecule has 9 nitrogen and oxygen atoms in total. The minimum Gasteiger partial charge on any atom is -0.383 e. The van der Waals surface area contributed by atoms with Crippen LogP contribution >= 0.6 is 0 Å². The molecule has 3 heterocycles. The van der Waals surface area contributed by atoms with Crippen molar-refractivity contribution in [2.45, 2.75) is 32.5 Å². The molecule has 3 amide bonds. The van der Waals surface area contributed by atoms with Gasteiger partial charge in [0.25, 0.3) is 5.91 Å². The summed E-state index contributed by atoms with van der Waals surface area (Å²) >= 11 is 0. The predicted molar refractivity (Wildman–Crippen MR) is 116 cm³/mol. The van der Waals surface area contributed by atoms with E-state index in [-0.39, 0.29) is 25.1 Å². The van der Waals surface area contributed by atoms with Crippen LogP contribution in [0.5, 0.6) is 0 Å². The molecule has 0 radical (unpaired) electrons. The Labute approximate surface area is 181 Å². The van der Waals surface area contributed by atoms with Crippen molar-refractivity contribution < 1.29 is 14.3 Å². The molecule has 0 bridgehead atoms. The second-order valence-corrected chi connectivity index (χ2v) is 7.93. The zero-order chi connectivity index (χ0) is 22.1. The summed E-state index contributed by atoms with van der Waals surface area (Å²) in [5.41, 5.74) is 2.97. The van der Waals surface area contributed by atoms with E-state index in [0.717, 1.165) is 17.8 Å². The van der Waals surface area contributed by atoms with E-state index >= 15 is 0 Å². The van der Waals surface area contributed by atoms with E-state index in [1.165, 1.54) is 15.4 Å². The fourth-order valence-corrected chi connectivity index (χ4v) is 4.19. The Bertz CT molecular complexity index is 1000. The summed E-state index contributed by atoms with van der Waals surface area (Å²) < 4.78 is 6.88. The van der Waals surface area contributed by atoms with Crippen molar-refractivity contribution in [3.8, 4) is 0 Å². The van der Waals surface area contributed by atoms with Crippen LogP contribution in [0.1, 0.15) is 17.0 Å². The molecule has 31 heavy (non-hydrogen) atoms. The normalized spacial score (nSPS) is 21.0. The number of nitrogens with zero attached hydrogens (tertiary/aromatic N) is 6. The molecule has 2 unspecified atom stereocenters. The third-order valence-corrected chi connectivity index (χ3v) is 5.77. The van der Waals surface area contributed by atoms with E-state index < -0.39 is 12.2 Å². The maximum atomic E-state index is 13.4. The first-order valence-corrected chi connectivity index (χ1v) is 10.4. The molecule has 0 aliphatic carbocycles. The number of methoxy groups -OCH3 is 1. The Balaban J connectivity index is 1.70. The van der Waals surface area contributed by atoms with Gasteiger partial charge in [-0.3, -0.25) is 9.69 Å². The molecule has 9 heteroatoms. The molecule has 2 aromatic rings.